The van der Waals surface area contributed by atoms with E-state index in [9.17, 15) is 9.59 Å². The van der Waals surface area contributed by atoms with Gasteiger partial charge in [0.2, 0.25) is 5.91 Å². The average Bonchev–Trinajstić information content (AvgIpc) is 3.31. The maximum atomic E-state index is 13.5. The van der Waals surface area contributed by atoms with Crippen LogP contribution in [0.5, 0.6) is 0 Å². The molecular weight excluding hydrogens is 466 g/mol. The molecule has 0 spiro atoms. The van der Waals surface area contributed by atoms with E-state index in [0.717, 1.165) is 22.3 Å². The predicted molar refractivity (Wildman–Crippen MR) is 140 cm³/mol. The zero-order chi connectivity index (χ0) is 23.7. The molecule has 0 fully saturated rings. The second-order valence-corrected chi connectivity index (χ2v) is 9.14. The Hall–Kier alpha value is -3.74. The number of nitrogens with one attached hydrogen (secondary N) is 1. The van der Waals surface area contributed by atoms with Gasteiger partial charge in [-0.2, -0.15) is 0 Å². The summed E-state index contributed by atoms with van der Waals surface area (Å²) in [6, 6.07) is 24.4. The van der Waals surface area contributed by atoms with Crippen molar-refractivity contribution in [3.63, 3.8) is 0 Å². The second kappa shape index (κ2) is 9.25. The van der Waals surface area contributed by atoms with Crippen molar-refractivity contribution < 1.29 is 4.79 Å². The Bertz CT molecular complexity index is 1540. The monoisotopic (exact) mass is 485 g/mol. The van der Waals surface area contributed by atoms with Crippen LogP contribution in [0.25, 0.3) is 32.5 Å². The smallest absolute Gasteiger partial charge is 0.263 e. The van der Waals surface area contributed by atoms with E-state index >= 15 is 0 Å². The SMILES string of the molecule is CC(C(=O)Nc1ccccc1Cl)n1cnc2scc(-c3ccc(-c4ccccc4)cc3)c2c1=O. The summed E-state index contributed by atoms with van der Waals surface area (Å²) in [6.45, 7) is 1.67. The molecule has 0 aliphatic heterocycles. The molecule has 5 aromatic rings. The number of hydrogen-bond donors (Lipinski definition) is 1. The van der Waals surface area contributed by atoms with E-state index in [2.05, 4.69) is 22.4 Å². The van der Waals surface area contributed by atoms with E-state index < -0.39 is 6.04 Å². The molecule has 0 bridgehead atoms. The fraction of sp³-hybridized carbons (Fsp3) is 0.0741. The molecule has 2 aromatic heterocycles. The van der Waals surface area contributed by atoms with Crippen molar-refractivity contribution in [2.75, 3.05) is 5.32 Å². The molecule has 3 aromatic carbocycles. The first-order chi connectivity index (χ1) is 16.5. The number of fused-ring (bicyclic) bond motifs is 1. The standard InChI is InChI=1S/C27H20ClN3O2S/c1-17(25(32)30-23-10-6-5-9-22(23)28)31-16-29-26-24(27(31)33)21(15-34-26)20-13-11-19(12-14-20)18-7-3-2-4-8-18/h2-17H,1H3,(H,30,32). The lowest BCUT2D eigenvalue weighted by molar-refractivity contribution is -0.118. The Balaban J connectivity index is 1.48. The maximum absolute atomic E-state index is 13.5. The Labute approximate surface area is 205 Å². The molecule has 0 aliphatic carbocycles. The summed E-state index contributed by atoms with van der Waals surface area (Å²) >= 11 is 7.57. The molecule has 34 heavy (non-hydrogen) atoms. The number of aromatic nitrogens is 2. The van der Waals surface area contributed by atoms with Gasteiger partial charge in [0.15, 0.2) is 0 Å². The summed E-state index contributed by atoms with van der Waals surface area (Å²) in [6.07, 6.45) is 1.43. The van der Waals surface area contributed by atoms with Crippen LogP contribution in [0.2, 0.25) is 5.02 Å². The normalized spacial score (nSPS) is 11.9. The Morgan fingerprint density at radius 2 is 1.59 bits per heavy atom. The number of para-hydroxylation sites is 1. The highest BCUT2D eigenvalue weighted by Gasteiger charge is 2.21. The van der Waals surface area contributed by atoms with Crippen LogP contribution in [0.3, 0.4) is 0 Å². The van der Waals surface area contributed by atoms with Crippen LogP contribution >= 0.6 is 22.9 Å². The molecule has 0 saturated carbocycles. The van der Waals surface area contributed by atoms with Gasteiger partial charge in [0, 0.05) is 10.9 Å². The van der Waals surface area contributed by atoms with Crippen molar-refractivity contribution in [3.8, 4) is 22.3 Å². The van der Waals surface area contributed by atoms with Gasteiger partial charge in [-0.15, -0.1) is 11.3 Å². The highest BCUT2D eigenvalue weighted by atomic mass is 35.5. The minimum atomic E-state index is -0.770. The molecule has 7 heteroatoms. The van der Waals surface area contributed by atoms with E-state index in [1.54, 1.807) is 31.2 Å². The van der Waals surface area contributed by atoms with Crippen LogP contribution in [-0.2, 0) is 4.79 Å². The van der Waals surface area contributed by atoms with Crippen molar-refractivity contribution in [1.82, 2.24) is 9.55 Å². The maximum Gasteiger partial charge on any atom is 0.263 e. The van der Waals surface area contributed by atoms with Crippen molar-refractivity contribution in [3.05, 3.63) is 106 Å². The summed E-state index contributed by atoms with van der Waals surface area (Å²) in [5, 5.41) is 5.67. The molecule has 5 rings (SSSR count). The number of hydrogen-bond acceptors (Lipinski definition) is 4. The van der Waals surface area contributed by atoms with Crippen LogP contribution in [0.1, 0.15) is 13.0 Å². The Morgan fingerprint density at radius 3 is 2.32 bits per heavy atom. The largest absolute Gasteiger partial charge is 0.323 e. The minimum absolute atomic E-state index is 0.254. The Morgan fingerprint density at radius 1 is 0.941 bits per heavy atom. The number of carbonyl (C=O) groups excluding carboxylic acids is 1. The van der Waals surface area contributed by atoms with Crippen LogP contribution in [0.15, 0.2) is 95.4 Å². The third-order valence-electron chi connectivity index (χ3n) is 5.75. The summed E-state index contributed by atoms with van der Waals surface area (Å²) in [5.74, 6) is -0.347. The van der Waals surface area contributed by atoms with Gasteiger partial charge in [-0.1, -0.05) is 78.3 Å². The van der Waals surface area contributed by atoms with Crippen molar-refractivity contribution in [2.45, 2.75) is 13.0 Å². The van der Waals surface area contributed by atoms with Gasteiger partial charge >= 0.3 is 0 Å². The zero-order valence-electron chi connectivity index (χ0n) is 18.2. The number of anilines is 1. The van der Waals surface area contributed by atoms with Gasteiger partial charge in [0.1, 0.15) is 10.9 Å². The molecule has 168 valence electrons. The molecule has 1 unspecified atom stereocenters. The highest BCUT2D eigenvalue weighted by molar-refractivity contribution is 7.17. The number of nitrogens with zero attached hydrogens (tertiary/aromatic N) is 2. The fourth-order valence-electron chi connectivity index (χ4n) is 3.83. The first-order valence-corrected chi connectivity index (χ1v) is 12.0. The van der Waals surface area contributed by atoms with Gasteiger partial charge in [0.25, 0.3) is 5.56 Å². The van der Waals surface area contributed by atoms with Crippen molar-refractivity contribution in [2.24, 2.45) is 0 Å². The number of benzene rings is 3. The summed E-state index contributed by atoms with van der Waals surface area (Å²) in [7, 11) is 0. The quantitative estimate of drug-likeness (QED) is 0.303. The lowest BCUT2D eigenvalue weighted by Crippen LogP contribution is -2.31. The van der Waals surface area contributed by atoms with Gasteiger partial charge in [-0.05, 0) is 35.7 Å². The molecule has 5 nitrogen and oxygen atoms in total. The highest BCUT2D eigenvalue weighted by Crippen LogP contribution is 2.32. The number of amides is 1. The number of halogens is 1. The topological polar surface area (TPSA) is 64.0 Å². The summed E-state index contributed by atoms with van der Waals surface area (Å²) in [5.41, 5.74) is 4.21. The lowest BCUT2D eigenvalue weighted by atomic mass is 10.0. The number of carbonyl (C=O) groups is 1. The van der Waals surface area contributed by atoms with Gasteiger partial charge < -0.3 is 5.32 Å². The third kappa shape index (κ3) is 4.14. The number of rotatable bonds is 5. The first-order valence-electron chi connectivity index (χ1n) is 10.7. The molecule has 1 N–H and O–H groups in total. The fourth-order valence-corrected chi connectivity index (χ4v) is 4.92. The summed E-state index contributed by atoms with van der Waals surface area (Å²) < 4.78 is 1.36. The van der Waals surface area contributed by atoms with Crippen LogP contribution in [0, 0.1) is 0 Å². The van der Waals surface area contributed by atoms with E-state index in [0.29, 0.717) is 20.9 Å². The molecule has 0 radical (unpaired) electrons. The zero-order valence-corrected chi connectivity index (χ0v) is 19.8. The molecule has 1 atom stereocenters. The molecule has 2 heterocycles. The van der Waals surface area contributed by atoms with Gasteiger partial charge in [0.05, 0.1) is 22.4 Å². The van der Waals surface area contributed by atoms with Crippen LogP contribution in [0.4, 0.5) is 5.69 Å². The van der Waals surface area contributed by atoms with Crippen LogP contribution < -0.4 is 10.9 Å². The van der Waals surface area contributed by atoms with Crippen LogP contribution in [-0.4, -0.2) is 15.5 Å². The van der Waals surface area contributed by atoms with Crippen molar-refractivity contribution in [1.29, 1.82) is 0 Å². The summed E-state index contributed by atoms with van der Waals surface area (Å²) in [4.78, 5) is 31.4. The van der Waals surface area contributed by atoms with E-state index in [4.69, 9.17) is 11.6 Å². The minimum Gasteiger partial charge on any atom is -0.323 e. The second-order valence-electron chi connectivity index (χ2n) is 7.87. The average molecular weight is 486 g/mol. The predicted octanol–water partition coefficient (Wildman–Crippen LogP) is 6.65. The van der Waals surface area contributed by atoms with Crippen molar-refractivity contribution >= 4 is 44.7 Å². The van der Waals surface area contributed by atoms with E-state index in [-0.39, 0.29) is 11.5 Å². The van der Waals surface area contributed by atoms with E-state index in [1.165, 1.54) is 22.2 Å². The molecule has 0 saturated heterocycles. The Kier molecular flexibility index (Phi) is 6.01. The molecular formula is C27H20ClN3O2S. The first kappa shape index (κ1) is 22.1. The molecule has 0 aliphatic rings. The van der Waals surface area contributed by atoms with E-state index in [1.807, 2.05) is 47.8 Å². The van der Waals surface area contributed by atoms with Gasteiger partial charge in [-0.25, -0.2) is 4.98 Å². The third-order valence-corrected chi connectivity index (χ3v) is 6.97. The molecule has 1 amide bonds. The lowest BCUT2D eigenvalue weighted by Gasteiger charge is -2.15. The van der Waals surface area contributed by atoms with Gasteiger partial charge in [-0.3, -0.25) is 14.2 Å². The number of thiophene rings is 1.